The Labute approximate surface area is 189 Å². The number of piperazine rings is 1. The van der Waals surface area contributed by atoms with Crippen LogP contribution in [-0.2, 0) is 0 Å². The molecule has 4 rings (SSSR count). The normalized spacial score (nSPS) is 13.5. The van der Waals surface area contributed by atoms with E-state index in [2.05, 4.69) is 10.3 Å². The molecule has 1 saturated heterocycles. The van der Waals surface area contributed by atoms with Gasteiger partial charge in [0.05, 0.1) is 30.1 Å². The molecule has 0 radical (unpaired) electrons. The van der Waals surface area contributed by atoms with Crippen LogP contribution in [0.4, 0.5) is 20.3 Å². The van der Waals surface area contributed by atoms with E-state index in [-0.39, 0.29) is 11.5 Å². The van der Waals surface area contributed by atoms with Gasteiger partial charge in [-0.3, -0.25) is 9.59 Å². The van der Waals surface area contributed by atoms with Crippen LogP contribution < -0.4 is 15.0 Å². The molecule has 7 nitrogen and oxygen atoms in total. The maximum absolute atomic E-state index is 13.9. The number of aromatic nitrogens is 1. The van der Waals surface area contributed by atoms with Crippen molar-refractivity contribution >= 4 is 23.3 Å². The van der Waals surface area contributed by atoms with Crippen molar-refractivity contribution in [1.29, 1.82) is 0 Å². The highest BCUT2D eigenvalue weighted by molar-refractivity contribution is 6.06. The minimum absolute atomic E-state index is 0.141. The molecule has 1 fully saturated rings. The first-order chi connectivity index (χ1) is 16.0. The quantitative estimate of drug-likeness (QED) is 0.641. The van der Waals surface area contributed by atoms with Crippen molar-refractivity contribution in [3.63, 3.8) is 0 Å². The van der Waals surface area contributed by atoms with Gasteiger partial charge in [0.25, 0.3) is 11.8 Å². The van der Waals surface area contributed by atoms with Crippen LogP contribution in [0.25, 0.3) is 0 Å². The van der Waals surface area contributed by atoms with Crippen LogP contribution in [0, 0.1) is 11.6 Å². The minimum Gasteiger partial charge on any atom is -0.496 e. The van der Waals surface area contributed by atoms with Gasteiger partial charge in [-0.05, 0) is 36.4 Å². The lowest BCUT2D eigenvalue weighted by atomic mass is 10.1. The zero-order valence-corrected chi connectivity index (χ0v) is 17.9. The number of methoxy groups -OCH3 is 1. The van der Waals surface area contributed by atoms with Gasteiger partial charge in [0.2, 0.25) is 0 Å². The van der Waals surface area contributed by atoms with Crippen LogP contribution in [0.2, 0.25) is 0 Å². The van der Waals surface area contributed by atoms with Crippen LogP contribution in [0.1, 0.15) is 20.7 Å². The van der Waals surface area contributed by atoms with Crippen LogP contribution in [0.3, 0.4) is 0 Å². The highest BCUT2D eigenvalue weighted by Crippen LogP contribution is 2.21. The Morgan fingerprint density at radius 2 is 1.73 bits per heavy atom. The van der Waals surface area contributed by atoms with Crippen LogP contribution in [-0.4, -0.2) is 55.0 Å². The van der Waals surface area contributed by atoms with Crippen molar-refractivity contribution < 1.29 is 23.1 Å². The molecule has 2 aromatic carbocycles. The second-order valence-electron chi connectivity index (χ2n) is 7.46. The molecule has 0 spiro atoms. The number of nitrogens with one attached hydrogen (secondary N) is 1. The summed E-state index contributed by atoms with van der Waals surface area (Å²) in [5.74, 6) is -1.17. The summed E-state index contributed by atoms with van der Waals surface area (Å²) < 4.78 is 32.3. The predicted octanol–water partition coefficient (Wildman–Crippen LogP) is 3.58. The molecule has 1 N–H and O–H groups in total. The summed E-state index contributed by atoms with van der Waals surface area (Å²) in [5, 5.41) is 2.80. The molecule has 0 aliphatic carbocycles. The monoisotopic (exact) mass is 452 g/mol. The summed E-state index contributed by atoms with van der Waals surface area (Å²) in [6.45, 7) is 1.77. The molecule has 1 aromatic heterocycles. The SMILES string of the molecule is COc1ccccc1C(=O)Nc1ccc(N2CCN(C(=O)c3ccc(F)cc3F)CC2)nc1. The molecule has 0 bridgehead atoms. The number of nitrogens with zero attached hydrogens (tertiary/aromatic N) is 3. The van der Waals surface area contributed by atoms with E-state index in [0.29, 0.717) is 55.1 Å². The van der Waals surface area contributed by atoms with Gasteiger partial charge in [-0.25, -0.2) is 13.8 Å². The van der Waals surface area contributed by atoms with E-state index < -0.39 is 17.5 Å². The van der Waals surface area contributed by atoms with Gasteiger partial charge >= 0.3 is 0 Å². The topological polar surface area (TPSA) is 74.8 Å². The zero-order chi connectivity index (χ0) is 23.4. The fourth-order valence-corrected chi connectivity index (χ4v) is 3.65. The Morgan fingerprint density at radius 3 is 2.39 bits per heavy atom. The fraction of sp³-hybridized carbons (Fsp3) is 0.208. The molecule has 0 unspecified atom stereocenters. The van der Waals surface area contributed by atoms with E-state index in [9.17, 15) is 18.4 Å². The van der Waals surface area contributed by atoms with E-state index in [0.717, 1.165) is 6.07 Å². The first-order valence-corrected chi connectivity index (χ1v) is 10.4. The third-order valence-electron chi connectivity index (χ3n) is 5.41. The lowest BCUT2D eigenvalue weighted by Gasteiger charge is -2.35. The van der Waals surface area contributed by atoms with Crippen LogP contribution in [0.5, 0.6) is 5.75 Å². The van der Waals surface area contributed by atoms with E-state index in [1.54, 1.807) is 42.6 Å². The molecule has 2 heterocycles. The molecule has 9 heteroatoms. The number of hydrogen-bond donors (Lipinski definition) is 1. The number of ether oxygens (including phenoxy) is 1. The molecule has 3 aromatic rings. The van der Waals surface area contributed by atoms with Crippen molar-refractivity contribution in [3.8, 4) is 5.75 Å². The van der Waals surface area contributed by atoms with Gasteiger partial charge in [0.15, 0.2) is 0 Å². The highest BCUT2D eigenvalue weighted by Gasteiger charge is 2.25. The van der Waals surface area contributed by atoms with Gasteiger partial charge in [-0.15, -0.1) is 0 Å². The molecule has 0 saturated carbocycles. The molecule has 33 heavy (non-hydrogen) atoms. The first-order valence-electron chi connectivity index (χ1n) is 10.4. The van der Waals surface area contributed by atoms with Crippen molar-refractivity contribution in [2.24, 2.45) is 0 Å². The molecule has 170 valence electrons. The summed E-state index contributed by atoms with van der Waals surface area (Å²) in [7, 11) is 1.51. The van der Waals surface area contributed by atoms with Gasteiger partial charge < -0.3 is 19.9 Å². The average molecular weight is 452 g/mol. The third kappa shape index (κ3) is 4.92. The van der Waals surface area contributed by atoms with Crippen molar-refractivity contribution in [2.45, 2.75) is 0 Å². The number of halogens is 2. The molecule has 1 aliphatic heterocycles. The Hall–Kier alpha value is -4.01. The lowest BCUT2D eigenvalue weighted by molar-refractivity contribution is 0.0741. The van der Waals surface area contributed by atoms with E-state index in [1.807, 2.05) is 4.90 Å². The Balaban J connectivity index is 1.35. The minimum atomic E-state index is -0.866. The summed E-state index contributed by atoms with van der Waals surface area (Å²) in [6, 6.07) is 13.4. The summed E-state index contributed by atoms with van der Waals surface area (Å²) in [6.07, 6.45) is 1.56. The highest BCUT2D eigenvalue weighted by atomic mass is 19.1. The summed E-state index contributed by atoms with van der Waals surface area (Å²) in [5.41, 5.74) is 0.816. The predicted molar refractivity (Wildman–Crippen MR) is 120 cm³/mol. The average Bonchev–Trinajstić information content (AvgIpc) is 2.84. The number of carbonyl (C=O) groups is 2. The van der Waals surface area contributed by atoms with Crippen LogP contribution in [0.15, 0.2) is 60.8 Å². The maximum Gasteiger partial charge on any atom is 0.259 e. The Morgan fingerprint density at radius 1 is 0.970 bits per heavy atom. The number of amides is 2. The standard InChI is InChI=1S/C24H22F2N4O3/c1-33-21-5-3-2-4-19(21)23(31)28-17-7-9-22(27-15-17)29-10-12-30(13-11-29)24(32)18-8-6-16(25)14-20(18)26/h2-9,14-15H,10-13H2,1H3,(H,28,31). The molecular weight excluding hydrogens is 430 g/mol. The molecule has 0 atom stereocenters. The number of anilines is 2. The summed E-state index contributed by atoms with van der Waals surface area (Å²) in [4.78, 5) is 33.0. The molecular formula is C24H22F2N4O3. The van der Waals surface area contributed by atoms with Gasteiger partial charge in [0.1, 0.15) is 23.2 Å². The number of carbonyl (C=O) groups excluding carboxylic acids is 2. The molecule has 2 amide bonds. The lowest BCUT2D eigenvalue weighted by Crippen LogP contribution is -2.49. The Bertz CT molecular complexity index is 1160. The number of para-hydroxylation sites is 1. The van der Waals surface area contributed by atoms with E-state index >= 15 is 0 Å². The Kier molecular flexibility index (Phi) is 6.48. The van der Waals surface area contributed by atoms with Gasteiger partial charge in [-0.1, -0.05) is 12.1 Å². The van der Waals surface area contributed by atoms with Crippen molar-refractivity contribution in [2.75, 3.05) is 43.5 Å². The zero-order valence-electron chi connectivity index (χ0n) is 17.9. The number of benzene rings is 2. The number of pyridine rings is 1. The summed E-state index contributed by atoms with van der Waals surface area (Å²) >= 11 is 0. The fourth-order valence-electron chi connectivity index (χ4n) is 3.65. The first kappa shape index (κ1) is 22.2. The second-order valence-corrected chi connectivity index (χ2v) is 7.46. The van der Waals surface area contributed by atoms with Crippen LogP contribution >= 0.6 is 0 Å². The number of rotatable bonds is 5. The van der Waals surface area contributed by atoms with E-state index in [4.69, 9.17) is 4.74 Å². The second kappa shape index (κ2) is 9.64. The third-order valence-corrected chi connectivity index (χ3v) is 5.41. The van der Waals surface area contributed by atoms with Crippen molar-refractivity contribution in [1.82, 2.24) is 9.88 Å². The maximum atomic E-state index is 13.9. The smallest absolute Gasteiger partial charge is 0.259 e. The largest absolute Gasteiger partial charge is 0.496 e. The van der Waals surface area contributed by atoms with Gasteiger partial charge in [-0.2, -0.15) is 0 Å². The van der Waals surface area contributed by atoms with E-state index in [1.165, 1.54) is 18.1 Å². The van der Waals surface area contributed by atoms with Crippen molar-refractivity contribution in [3.05, 3.63) is 83.6 Å². The number of hydrogen-bond acceptors (Lipinski definition) is 5. The molecule has 1 aliphatic rings. The van der Waals surface area contributed by atoms with Gasteiger partial charge in [0, 0.05) is 32.2 Å².